The maximum atomic E-state index is 12.1. The van der Waals surface area contributed by atoms with Gasteiger partial charge < -0.3 is 14.6 Å². The number of esters is 2. The zero-order valence-corrected chi connectivity index (χ0v) is 13.5. The highest BCUT2D eigenvalue weighted by Crippen LogP contribution is 2.33. The lowest BCUT2D eigenvalue weighted by molar-refractivity contribution is 0.0553. The van der Waals surface area contributed by atoms with Crippen molar-refractivity contribution in [2.45, 2.75) is 0 Å². The van der Waals surface area contributed by atoms with E-state index in [0.29, 0.717) is 11.1 Å². The van der Waals surface area contributed by atoms with Crippen LogP contribution in [0.4, 0.5) is 0 Å². The summed E-state index contributed by atoms with van der Waals surface area (Å²) in [5.74, 6) is -1.88. The number of ether oxygens (including phenoxy) is 2. The molecule has 6 heteroatoms. The molecule has 0 aromatic heterocycles. The minimum Gasteiger partial charge on any atom is -0.507 e. The minimum absolute atomic E-state index is 0.0309. The van der Waals surface area contributed by atoms with Gasteiger partial charge in [-0.2, -0.15) is 0 Å². The monoisotopic (exact) mass is 364 g/mol. The Kier molecular flexibility index (Phi) is 4.82. The first-order chi connectivity index (χ1) is 10.5. The highest BCUT2D eigenvalue weighted by molar-refractivity contribution is 9.10. The van der Waals surface area contributed by atoms with Crippen molar-refractivity contribution >= 4 is 27.9 Å². The van der Waals surface area contributed by atoms with Crippen LogP contribution in [0.1, 0.15) is 20.7 Å². The first-order valence-electron chi connectivity index (χ1n) is 6.28. The number of rotatable bonds is 3. The Morgan fingerprint density at radius 3 is 2.00 bits per heavy atom. The number of halogens is 1. The van der Waals surface area contributed by atoms with Gasteiger partial charge in [0, 0.05) is 4.47 Å². The van der Waals surface area contributed by atoms with E-state index in [4.69, 9.17) is 4.74 Å². The Hall–Kier alpha value is -2.34. The molecule has 0 unspecified atom stereocenters. The standard InChI is InChI=1S/C16H13BrO5/c1-21-15(19)13-11(9-3-5-10(17)6-4-9)7-8-12(18)14(13)16(20)22-2/h3-8,18H,1-2H3. The van der Waals surface area contributed by atoms with Gasteiger partial charge in [0.1, 0.15) is 11.3 Å². The lowest BCUT2D eigenvalue weighted by Crippen LogP contribution is -2.13. The maximum absolute atomic E-state index is 12.1. The normalized spacial score (nSPS) is 10.1. The molecule has 1 N–H and O–H groups in total. The molecule has 22 heavy (non-hydrogen) atoms. The van der Waals surface area contributed by atoms with E-state index in [2.05, 4.69) is 20.7 Å². The van der Waals surface area contributed by atoms with Gasteiger partial charge in [0.2, 0.25) is 0 Å². The van der Waals surface area contributed by atoms with E-state index in [1.807, 2.05) is 0 Å². The van der Waals surface area contributed by atoms with E-state index in [0.717, 1.165) is 4.47 Å². The summed E-state index contributed by atoms with van der Waals surface area (Å²) in [4.78, 5) is 24.0. The number of carbonyl (C=O) groups excluding carboxylic acids is 2. The largest absolute Gasteiger partial charge is 0.507 e. The number of benzene rings is 2. The van der Waals surface area contributed by atoms with Gasteiger partial charge in [-0.05, 0) is 35.4 Å². The predicted molar refractivity (Wildman–Crippen MR) is 83.9 cm³/mol. The molecule has 2 aromatic carbocycles. The van der Waals surface area contributed by atoms with Crippen LogP contribution in [0.3, 0.4) is 0 Å². The van der Waals surface area contributed by atoms with Crippen molar-refractivity contribution in [1.82, 2.24) is 0 Å². The van der Waals surface area contributed by atoms with Gasteiger partial charge in [-0.3, -0.25) is 0 Å². The van der Waals surface area contributed by atoms with Gasteiger partial charge in [0.15, 0.2) is 0 Å². The highest BCUT2D eigenvalue weighted by atomic mass is 79.9. The van der Waals surface area contributed by atoms with Crippen LogP contribution in [0, 0.1) is 0 Å². The molecular weight excluding hydrogens is 352 g/mol. The Balaban J connectivity index is 2.76. The topological polar surface area (TPSA) is 72.8 Å². The second-order valence-corrected chi connectivity index (χ2v) is 5.29. The summed E-state index contributed by atoms with van der Waals surface area (Å²) >= 11 is 3.33. The molecule has 5 nitrogen and oxygen atoms in total. The highest BCUT2D eigenvalue weighted by Gasteiger charge is 2.26. The van der Waals surface area contributed by atoms with Gasteiger partial charge in [0.25, 0.3) is 0 Å². The third-order valence-electron chi connectivity index (χ3n) is 3.12. The van der Waals surface area contributed by atoms with Crippen LogP contribution in [0.5, 0.6) is 5.75 Å². The van der Waals surface area contributed by atoms with Crippen LogP contribution in [-0.4, -0.2) is 31.3 Å². The molecule has 0 atom stereocenters. The molecule has 0 bridgehead atoms. The SMILES string of the molecule is COC(=O)c1c(O)ccc(-c2ccc(Br)cc2)c1C(=O)OC. The molecule has 2 aromatic rings. The quantitative estimate of drug-likeness (QED) is 0.845. The Labute approximate surface area is 135 Å². The third-order valence-corrected chi connectivity index (χ3v) is 3.65. The zero-order chi connectivity index (χ0) is 16.3. The summed E-state index contributed by atoms with van der Waals surface area (Å²) in [6.07, 6.45) is 0. The van der Waals surface area contributed by atoms with Gasteiger partial charge in [-0.25, -0.2) is 9.59 Å². The second kappa shape index (κ2) is 6.62. The first kappa shape index (κ1) is 16.0. The third kappa shape index (κ3) is 2.96. The molecule has 114 valence electrons. The summed E-state index contributed by atoms with van der Waals surface area (Å²) in [6, 6.07) is 10.1. The molecule has 0 aliphatic rings. The number of hydrogen-bond acceptors (Lipinski definition) is 5. The van der Waals surface area contributed by atoms with Gasteiger partial charge in [-0.1, -0.05) is 28.1 Å². The Morgan fingerprint density at radius 1 is 0.909 bits per heavy atom. The molecule has 0 heterocycles. The van der Waals surface area contributed by atoms with Crippen LogP contribution < -0.4 is 0 Å². The van der Waals surface area contributed by atoms with Crippen molar-refractivity contribution in [2.75, 3.05) is 14.2 Å². The van der Waals surface area contributed by atoms with Crippen LogP contribution in [0.15, 0.2) is 40.9 Å². The van der Waals surface area contributed by atoms with Crippen LogP contribution >= 0.6 is 15.9 Å². The van der Waals surface area contributed by atoms with Crippen molar-refractivity contribution in [3.63, 3.8) is 0 Å². The summed E-state index contributed by atoms with van der Waals surface area (Å²) in [5.41, 5.74) is 0.928. The van der Waals surface area contributed by atoms with Crippen molar-refractivity contribution in [2.24, 2.45) is 0 Å². The summed E-state index contributed by atoms with van der Waals surface area (Å²) in [7, 11) is 2.38. The van der Waals surface area contributed by atoms with Crippen molar-refractivity contribution in [3.8, 4) is 16.9 Å². The zero-order valence-electron chi connectivity index (χ0n) is 11.9. The number of carbonyl (C=O) groups is 2. The van der Waals surface area contributed by atoms with E-state index in [1.165, 1.54) is 20.3 Å². The molecule has 0 aliphatic heterocycles. The molecule has 0 aliphatic carbocycles. The smallest absolute Gasteiger partial charge is 0.342 e. The van der Waals surface area contributed by atoms with E-state index >= 15 is 0 Å². The lowest BCUT2D eigenvalue weighted by atomic mass is 9.94. The summed E-state index contributed by atoms with van der Waals surface area (Å²) in [6.45, 7) is 0. The molecule has 0 fully saturated rings. The first-order valence-corrected chi connectivity index (χ1v) is 7.07. The summed E-state index contributed by atoms with van der Waals surface area (Å²) in [5, 5.41) is 9.94. The van der Waals surface area contributed by atoms with Crippen LogP contribution in [0.2, 0.25) is 0 Å². The van der Waals surface area contributed by atoms with Gasteiger partial charge in [0.05, 0.1) is 19.8 Å². The average Bonchev–Trinajstić information content (AvgIpc) is 2.54. The molecule has 0 spiro atoms. The van der Waals surface area contributed by atoms with Crippen LogP contribution in [-0.2, 0) is 9.47 Å². The van der Waals surface area contributed by atoms with E-state index in [9.17, 15) is 14.7 Å². The Morgan fingerprint density at radius 2 is 1.45 bits per heavy atom. The second-order valence-electron chi connectivity index (χ2n) is 4.37. The van der Waals surface area contributed by atoms with Gasteiger partial charge in [-0.15, -0.1) is 0 Å². The summed E-state index contributed by atoms with van der Waals surface area (Å²) < 4.78 is 10.3. The number of phenols is 1. The van der Waals surface area contributed by atoms with E-state index in [-0.39, 0.29) is 16.9 Å². The van der Waals surface area contributed by atoms with E-state index < -0.39 is 11.9 Å². The number of aromatic hydroxyl groups is 1. The predicted octanol–water partition coefficient (Wildman–Crippen LogP) is 3.39. The van der Waals surface area contributed by atoms with Crippen LogP contribution in [0.25, 0.3) is 11.1 Å². The maximum Gasteiger partial charge on any atom is 0.342 e. The van der Waals surface area contributed by atoms with Crippen molar-refractivity contribution in [3.05, 3.63) is 52.0 Å². The number of hydrogen-bond donors (Lipinski definition) is 1. The molecule has 0 amide bonds. The lowest BCUT2D eigenvalue weighted by Gasteiger charge is -2.13. The molecule has 0 saturated heterocycles. The fourth-order valence-corrected chi connectivity index (χ4v) is 2.35. The minimum atomic E-state index is -0.808. The Bertz CT molecular complexity index is 722. The number of methoxy groups -OCH3 is 2. The molecular formula is C16H13BrO5. The van der Waals surface area contributed by atoms with Crippen molar-refractivity contribution < 1.29 is 24.2 Å². The molecule has 0 radical (unpaired) electrons. The van der Waals surface area contributed by atoms with Gasteiger partial charge >= 0.3 is 11.9 Å². The molecule has 0 saturated carbocycles. The fourth-order valence-electron chi connectivity index (χ4n) is 2.08. The number of phenolic OH excluding ortho intramolecular Hbond substituents is 1. The average molecular weight is 365 g/mol. The van der Waals surface area contributed by atoms with E-state index in [1.54, 1.807) is 30.3 Å². The molecule has 2 rings (SSSR count). The van der Waals surface area contributed by atoms with Crippen molar-refractivity contribution in [1.29, 1.82) is 0 Å². The fraction of sp³-hybridized carbons (Fsp3) is 0.125.